The summed E-state index contributed by atoms with van der Waals surface area (Å²) in [6.45, 7) is 11.3. The Labute approximate surface area is 139 Å². The van der Waals surface area contributed by atoms with Crippen LogP contribution in [-0.4, -0.2) is 29.0 Å². The molecule has 0 aliphatic rings. The largest absolute Gasteiger partial charge is 0.270 e. The molecule has 1 heterocycles. The molecule has 2 aromatic rings. The molecule has 0 atom stereocenters. The normalized spacial score (nSPS) is 12.1. The molecule has 0 amide bonds. The monoisotopic (exact) mass is 335 g/mol. The van der Waals surface area contributed by atoms with E-state index in [4.69, 9.17) is 0 Å². The Bertz CT molecular complexity index is 777. The first-order valence-corrected chi connectivity index (χ1v) is 9.35. The van der Waals surface area contributed by atoms with Gasteiger partial charge < -0.3 is 0 Å². The molecule has 1 aromatic carbocycles. The summed E-state index contributed by atoms with van der Waals surface area (Å²) < 4.78 is 29.2. The maximum Gasteiger partial charge on any atom is 0.243 e. The number of rotatable bonds is 6. The highest BCUT2D eigenvalue weighted by Gasteiger charge is 2.25. The van der Waals surface area contributed by atoms with Crippen molar-refractivity contribution in [2.75, 3.05) is 6.54 Å². The molecule has 0 N–H and O–H groups in total. The highest BCUT2D eigenvalue weighted by atomic mass is 32.2. The summed E-state index contributed by atoms with van der Waals surface area (Å²) in [6.07, 6.45) is 0. The Morgan fingerprint density at radius 1 is 1.09 bits per heavy atom. The molecule has 23 heavy (non-hydrogen) atoms. The van der Waals surface area contributed by atoms with E-state index >= 15 is 0 Å². The Kier molecular flexibility index (Phi) is 5.26. The van der Waals surface area contributed by atoms with E-state index in [1.165, 1.54) is 4.31 Å². The molecule has 0 aliphatic carbocycles. The third-order valence-corrected chi connectivity index (χ3v) is 6.11. The Morgan fingerprint density at radius 3 is 2.17 bits per heavy atom. The summed E-state index contributed by atoms with van der Waals surface area (Å²) in [5.41, 5.74) is 3.96. The first kappa shape index (κ1) is 17.7. The van der Waals surface area contributed by atoms with Gasteiger partial charge in [-0.15, -0.1) is 0 Å². The second kappa shape index (κ2) is 6.84. The maximum atomic E-state index is 12.9. The second-order valence-corrected chi connectivity index (χ2v) is 7.65. The van der Waals surface area contributed by atoms with Crippen molar-refractivity contribution in [2.45, 2.75) is 52.6 Å². The fraction of sp³-hybridized carbons (Fsp3) is 0.471. The summed E-state index contributed by atoms with van der Waals surface area (Å²) in [6, 6.07) is 6.99. The topological polar surface area (TPSA) is 55.2 Å². The molecule has 126 valence electrons. The fourth-order valence-electron chi connectivity index (χ4n) is 2.67. The minimum atomic E-state index is -3.50. The first-order chi connectivity index (χ1) is 10.8. The van der Waals surface area contributed by atoms with Crippen LogP contribution in [0.1, 0.15) is 36.4 Å². The van der Waals surface area contributed by atoms with Crippen LogP contribution in [0.4, 0.5) is 0 Å². The van der Waals surface area contributed by atoms with Gasteiger partial charge in [-0.1, -0.05) is 24.6 Å². The van der Waals surface area contributed by atoms with E-state index in [2.05, 4.69) is 5.10 Å². The summed E-state index contributed by atoms with van der Waals surface area (Å²) in [5, 5.41) is 4.48. The maximum absolute atomic E-state index is 12.9. The minimum absolute atomic E-state index is 0.336. The van der Waals surface area contributed by atoms with Crippen molar-refractivity contribution in [2.24, 2.45) is 0 Å². The van der Waals surface area contributed by atoms with Gasteiger partial charge in [0.15, 0.2) is 0 Å². The minimum Gasteiger partial charge on any atom is -0.270 e. The van der Waals surface area contributed by atoms with Gasteiger partial charge in [0.1, 0.15) is 0 Å². The van der Waals surface area contributed by atoms with Crippen molar-refractivity contribution >= 4 is 10.0 Å². The summed E-state index contributed by atoms with van der Waals surface area (Å²) in [5.74, 6) is 0. The van der Waals surface area contributed by atoms with Gasteiger partial charge in [0.05, 0.1) is 10.6 Å². The van der Waals surface area contributed by atoms with E-state index < -0.39 is 10.0 Å². The van der Waals surface area contributed by atoms with Crippen LogP contribution in [0.15, 0.2) is 29.2 Å². The summed E-state index contributed by atoms with van der Waals surface area (Å²) in [7, 11) is -3.50. The lowest BCUT2D eigenvalue weighted by Crippen LogP contribution is -2.30. The van der Waals surface area contributed by atoms with Crippen LogP contribution in [0.3, 0.4) is 0 Å². The van der Waals surface area contributed by atoms with Crippen molar-refractivity contribution < 1.29 is 8.42 Å². The van der Waals surface area contributed by atoms with E-state index in [-0.39, 0.29) is 0 Å². The van der Waals surface area contributed by atoms with Crippen molar-refractivity contribution in [3.05, 3.63) is 46.8 Å². The molecular formula is C17H25N3O2S. The van der Waals surface area contributed by atoms with Gasteiger partial charge in [0.25, 0.3) is 0 Å². The first-order valence-electron chi connectivity index (χ1n) is 7.91. The molecule has 6 heteroatoms. The van der Waals surface area contributed by atoms with Crippen molar-refractivity contribution in [3.8, 4) is 0 Å². The van der Waals surface area contributed by atoms with Crippen LogP contribution >= 0.6 is 0 Å². The van der Waals surface area contributed by atoms with E-state index in [0.29, 0.717) is 18.0 Å². The smallest absolute Gasteiger partial charge is 0.243 e. The van der Waals surface area contributed by atoms with Crippen LogP contribution in [0.5, 0.6) is 0 Å². The summed E-state index contributed by atoms with van der Waals surface area (Å²) >= 11 is 0. The summed E-state index contributed by atoms with van der Waals surface area (Å²) in [4.78, 5) is 0.336. The molecule has 0 unspecified atom stereocenters. The van der Waals surface area contributed by atoms with Gasteiger partial charge in [-0.05, 0) is 39.8 Å². The average Bonchev–Trinajstić information content (AvgIpc) is 2.79. The van der Waals surface area contributed by atoms with Crippen LogP contribution in [-0.2, 0) is 23.1 Å². The van der Waals surface area contributed by atoms with Gasteiger partial charge >= 0.3 is 0 Å². The standard InChI is InChI=1S/C17H25N3O2S/c1-6-19(12-17-14(4)18-20(7-2)15(17)5)23(21,22)16-10-8-13(3)9-11-16/h8-11H,6-7,12H2,1-5H3. The lowest BCUT2D eigenvalue weighted by Gasteiger charge is -2.21. The van der Waals surface area contributed by atoms with E-state index in [9.17, 15) is 8.42 Å². The Morgan fingerprint density at radius 2 is 1.70 bits per heavy atom. The molecule has 0 saturated carbocycles. The van der Waals surface area contributed by atoms with Gasteiger partial charge in [0.2, 0.25) is 10.0 Å². The highest BCUT2D eigenvalue weighted by molar-refractivity contribution is 7.89. The predicted molar refractivity (Wildman–Crippen MR) is 91.8 cm³/mol. The average molecular weight is 335 g/mol. The number of nitrogens with zero attached hydrogens (tertiary/aromatic N) is 3. The van der Waals surface area contributed by atoms with E-state index in [0.717, 1.165) is 29.1 Å². The molecule has 0 aliphatic heterocycles. The van der Waals surface area contributed by atoms with Crippen molar-refractivity contribution in [3.63, 3.8) is 0 Å². The number of hydrogen-bond donors (Lipinski definition) is 0. The number of benzene rings is 1. The molecule has 0 spiro atoms. The molecule has 0 bridgehead atoms. The SMILES string of the molecule is CCN(Cc1c(C)nn(CC)c1C)S(=O)(=O)c1ccc(C)cc1. The van der Waals surface area contributed by atoms with E-state index in [1.807, 2.05) is 51.4 Å². The zero-order valence-corrected chi connectivity index (χ0v) is 15.3. The molecule has 5 nitrogen and oxygen atoms in total. The van der Waals surface area contributed by atoms with E-state index in [1.54, 1.807) is 12.1 Å². The Hall–Kier alpha value is -1.66. The van der Waals surface area contributed by atoms with Crippen LogP contribution < -0.4 is 0 Å². The number of hydrogen-bond acceptors (Lipinski definition) is 3. The lowest BCUT2D eigenvalue weighted by molar-refractivity contribution is 0.421. The quantitative estimate of drug-likeness (QED) is 0.815. The Balaban J connectivity index is 2.36. The third-order valence-electron chi connectivity index (χ3n) is 4.18. The lowest BCUT2D eigenvalue weighted by atomic mass is 10.2. The van der Waals surface area contributed by atoms with Crippen molar-refractivity contribution in [1.82, 2.24) is 14.1 Å². The van der Waals surface area contributed by atoms with Gasteiger partial charge in [-0.2, -0.15) is 9.40 Å². The fourth-order valence-corrected chi connectivity index (χ4v) is 4.09. The third kappa shape index (κ3) is 3.48. The zero-order chi connectivity index (χ0) is 17.2. The van der Waals surface area contributed by atoms with Gasteiger partial charge in [0, 0.05) is 30.9 Å². The highest BCUT2D eigenvalue weighted by Crippen LogP contribution is 2.22. The number of aryl methyl sites for hydroxylation is 3. The van der Waals surface area contributed by atoms with Crippen LogP contribution in [0.2, 0.25) is 0 Å². The molecule has 1 aromatic heterocycles. The number of sulfonamides is 1. The predicted octanol–water partition coefficient (Wildman–Crippen LogP) is 3.04. The van der Waals surface area contributed by atoms with Crippen LogP contribution in [0, 0.1) is 20.8 Å². The molecule has 0 fully saturated rings. The molecule has 0 saturated heterocycles. The molecule has 0 radical (unpaired) electrons. The second-order valence-electron chi connectivity index (χ2n) is 5.71. The van der Waals surface area contributed by atoms with Crippen LogP contribution in [0.25, 0.3) is 0 Å². The zero-order valence-electron chi connectivity index (χ0n) is 14.5. The number of aromatic nitrogens is 2. The van der Waals surface area contributed by atoms with Crippen molar-refractivity contribution in [1.29, 1.82) is 0 Å². The van der Waals surface area contributed by atoms with Gasteiger partial charge in [-0.25, -0.2) is 8.42 Å². The molecule has 2 rings (SSSR count). The molecular weight excluding hydrogens is 310 g/mol. The van der Waals surface area contributed by atoms with Gasteiger partial charge in [-0.3, -0.25) is 4.68 Å².